The molecule has 1 heterocycles. The normalized spacial score (nSPS) is 11.8. The molecule has 22 heavy (non-hydrogen) atoms. The van der Waals surface area contributed by atoms with Crippen molar-refractivity contribution >= 4 is 6.03 Å². The quantitative estimate of drug-likeness (QED) is 0.860. The topological polar surface area (TPSA) is 76.4 Å². The van der Waals surface area contributed by atoms with E-state index in [4.69, 9.17) is 9.26 Å². The highest BCUT2D eigenvalue weighted by molar-refractivity contribution is 5.73. The highest BCUT2D eigenvalue weighted by atomic mass is 16.5. The third-order valence-electron chi connectivity index (χ3n) is 3.08. The number of aryl methyl sites for hydroxylation is 2. The zero-order valence-corrected chi connectivity index (χ0v) is 13.1. The molecule has 118 valence electrons. The van der Waals surface area contributed by atoms with Gasteiger partial charge in [0.1, 0.15) is 23.3 Å². The molecular formula is C16H21N3O3. The number of nitrogens with one attached hydrogen (secondary N) is 2. The predicted molar refractivity (Wildman–Crippen MR) is 82.7 cm³/mol. The lowest BCUT2D eigenvalue weighted by atomic mass is 10.2. The first-order chi connectivity index (χ1) is 10.5. The molecule has 2 N–H and O–H groups in total. The number of carbonyl (C=O) groups is 1. The number of hydrogen-bond donors (Lipinski definition) is 2. The fourth-order valence-corrected chi connectivity index (χ4v) is 1.92. The summed E-state index contributed by atoms with van der Waals surface area (Å²) in [5.41, 5.74) is 1.76. The van der Waals surface area contributed by atoms with E-state index in [0.717, 1.165) is 17.1 Å². The number of para-hydroxylation sites is 1. The van der Waals surface area contributed by atoms with Gasteiger partial charge in [0, 0.05) is 6.07 Å². The number of aromatic nitrogens is 1. The summed E-state index contributed by atoms with van der Waals surface area (Å²) >= 11 is 0. The molecular weight excluding hydrogens is 282 g/mol. The van der Waals surface area contributed by atoms with Crippen LogP contribution in [0.5, 0.6) is 5.75 Å². The molecule has 1 aromatic heterocycles. The van der Waals surface area contributed by atoms with Crippen molar-refractivity contribution in [3.05, 3.63) is 47.3 Å². The number of rotatable bonds is 6. The molecule has 1 aromatic carbocycles. The molecule has 0 aliphatic carbocycles. The van der Waals surface area contributed by atoms with Crippen LogP contribution in [0.15, 0.2) is 34.9 Å². The van der Waals surface area contributed by atoms with Crippen LogP contribution in [0.25, 0.3) is 0 Å². The zero-order chi connectivity index (χ0) is 15.9. The molecule has 2 amide bonds. The van der Waals surface area contributed by atoms with Crippen LogP contribution in [-0.4, -0.2) is 23.8 Å². The molecule has 0 aliphatic heterocycles. The Morgan fingerprint density at radius 3 is 2.77 bits per heavy atom. The number of urea groups is 1. The van der Waals surface area contributed by atoms with E-state index >= 15 is 0 Å². The lowest BCUT2D eigenvalue weighted by molar-refractivity contribution is 0.206. The van der Waals surface area contributed by atoms with Gasteiger partial charge in [0.2, 0.25) is 0 Å². The van der Waals surface area contributed by atoms with Crippen molar-refractivity contribution in [2.75, 3.05) is 6.54 Å². The van der Waals surface area contributed by atoms with Crippen LogP contribution >= 0.6 is 0 Å². The molecule has 2 rings (SSSR count). The second-order valence-electron chi connectivity index (χ2n) is 5.19. The van der Waals surface area contributed by atoms with Crippen LogP contribution < -0.4 is 15.4 Å². The predicted octanol–water partition coefficient (Wildman–Crippen LogP) is 2.56. The third kappa shape index (κ3) is 4.80. The second kappa shape index (κ2) is 7.49. The Kier molecular flexibility index (Phi) is 5.41. The van der Waals surface area contributed by atoms with Gasteiger partial charge in [-0.2, -0.15) is 0 Å². The fraction of sp³-hybridized carbons (Fsp3) is 0.375. The maximum atomic E-state index is 11.7. The summed E-state index contributed by atoms with van der Waals surface area (Å²) in [5, 5.41) is 9.29. The molecule has 0 bridgehead atoms. The summed E-state index contributed by atoms with van der Waals surface area (Å²) in [6.07, 6.45) is -0.124. The molecule has 6 nitrogen and oxygen atoms in total. The van der Waals surface area contributed by atoms with E-state index in [1.54, 1.807) is 13.0 Å². The van der Waals surface area contributed by atoms with Gasteiger partial charge in [-0.15, -0.1) is 0 Å². The van der Waals surface area contributed by atoms with Crippen LogP contribution in [0.1, 0.15) is 23.9 Å². The molecule has 2 aromatic rings. The molecule has 1 atom stereocenters. The highest BCUT2D eigenvalue weighted by Crippen LogP contribution is 2.17. The number of amides is 2. The minimum absolute atomic E-state index is 0.124. The van der Waals surface area contributed by atoms with Crippen LogP contribution in [0, 0.1) is 13.8 Å². The molecule has 0 radical (unpaired) electrons. The van der Waals surface area contributed by atoms with Gasteiger partial charge in [0.05, 0.1) is 13.1 Å². The molecule has 0 unspecified atom stereocenters. The molecule has 0 aliphatic rings. The first-order valence-electron chi connectivity index (χ1n) is 7.21. The summed E-state index contributed by atoms with van der Waals surface area (Å²) < 4.78 is 10.7. The largest absolute Gasteiger partial charge is 0.489 e. The Balaban J connectivity index is 1.70. The molecule has 0 saturated heterocycles. The first-order valence-corrected chi connectivity index (χ1v) is 7.21. The van der Waals surface area contributed by atoms with Gasteiger partial charge in [0.25, 0.3) is 0 Å². The molecule has 0 saturated carbocycles. The van der Waals surface area contributed by atoms with Crippen LogP contribution in [-0.2, 0) is 6.54 Å². The third-order valence-corrected chi connectivity index (χ3v) is 3.08. The Morgan fingerprint density at radius 1 is 1.32 bits per heavy atom. The van der Waals surface area contributed by atoms with E-state index in [-0.39, 0.29) is 12.1 Å². The van der Waals surface area contributed by atoms with Crippen molar-refractivity contribution in [1.82, 2.24) is 15.8 Å². The summed E-state index contributed by atoms with van der Waals surface area (Å²) in [6.45, 7) is 6.45. The summed E-state index contributed by atoms with van der Waals surface area (Å²) in [4.78, 5) is 11.7. The lowest BCUT2D eigenvalue weighted by Gasteiger charge is -2.17. The van der Waals surface area contributed by atoms with Crippen LogP contribution in [0.3, 0.4) is 0 Å². The van der Waals surface area contributed by atoms with E-state index in [2.05, 4.69) is 15.8 Å². The number of ether oxygens (including phenoxy) is 1. The fourth-order valence-electron chi connectivity index (χ4n) is 1.92. The SMILES string of the molecule is Cc1cc(CNC(=O)NC[C@@H](C)Oc2ccccc2C)no1. The molecule has 0 spiro atoms. The van der Waals surface area contributed by atoms with E-state index in [9.17, 15) is 4.79 Å². The highest BCUT2D eigenvalue weighted by Gasteiger charge is 2.09. The zero-order valence-electron chi connectivity index (χ0n) is 13.1. The number of hydrogen-bond acceptors (Lipinski definition) is 4. The van der Waals surface area contributed by atoms with Crippen LogP contribution in [0.2, 0.25) is 0 Å². The summed E-state index contributed by atoms with van der Waals surface area (Å²) in [7, 11) is 0. The van der Waals surface area contributed by atoms with Crippen molar-refractivity contribution in [1.29, 1.82) is 0 Å². The first kappa shape index (κ1) is 15.9. The summed E-state index contributed by atoms with van der Waals surface area (Å²) in [6, 6.07) is 9.31. The van der Waals surface area contributed by atoms with Crippen molar-refractivity contribution in [2.45, 2.75) is 33.4 Å². The number of benzene rings is 1. The van der Waals surface area contributed by atoms with E-state index < -0.39 is 0 Å². The van der Waals surface area contributed by atoms with Gasteiger partial charge in [0.15, 0.2) is 0 Å². The maximum absolute atomic E-state index is 11.7. The minimum Gasteiger partial charge on any atom is -0.489 e. The second-order valence-corrected chi connectivity index (χ2v) is 5.19. The average Bonchev–Trinajstić information content (AvgIpc) is 2.91. The van der Waals surface area contributed by atoms with Gasteiger partial charge in [-0.3, -0.25) is 0 Å². The molecule has 6 heteroatoms. The average molecular weight is 303 g/mol. The number of nitrogens with zero attached hydrogens (tertiary/aromatic N) is 1. The van der Waals surface area contributed by atoms with Crippen molar-refractivity contribution in [2.24, 2.45) is 0 Å². The van der Waals surface area contributed by atoms with E-state index in [0.29, 0.717) is 18.8 Å². The van der Waals surface area contributed by atoms with Crippen LogP contribution in [0.4, 0.5) is 4.79 Å². The van der Waals surface area contributed by atoms with Gasteiger partial charge in [-0.1, -0.05) is 23.4 Å². The van der Waals surface area contributed by atoms with Gasteiger partial charge in [-0.05, 0) is 32.4 Å². The van der Waals surface area contributed by atoms with Crippen molar-refractivity contribution < 1.29 is 14.1 Å². The summed E-state index contributed by atoms with van der Waals surface area (Å²) in [5.74, 6) is 1.55. The van der Waals surface area contributed by atoms with E-state index in [1.165, 1.54) is 0 Å². The Morgan fingerprint density at radius 2 is 2.09 bits per heavy atom. The monoisotopic (exact) mass is 303 g/mol. The van der Waals surface area contributed by atoms with Crippen molar-refractivity contribution in [3.8, 4) is 5.75 Å². The van der Waals surface area contributed by atoms with Crippen molar-refractivity contribution in [3.63, 3.8) is 0 Å². The standard InChI is InChI=1S/C16H21N3O3/c1-11-6-4-5-7-15(11)21-13(3)9-17-16(20)18-10-14-8-12(2)22-19-14/h4-8,13H,9-10H2,1-3H3,(H2,17,18,20)/t13-/m1/s1. The van der Waals surface area contributed by atoms with E-state index in [1.807, 2.05) is 38.1 Å². The smallest absolute Gasteiger partial charge is 0.315 e. The minimum atomic E-state index is -0.263. The maximum Gasteiger partial charge on any atom is 0.315 e. The Hall–Kier alpha value is -2.50. The van der Waals surface area contributed by atoms with Gasteiger partial charge >= 0.3 is 6.03 Å². The van der Waals surface area contributed by atoms with Gasteiger partial charge in [-0.25, -0.2) is 4.79 Å². The van der Waals surface area contributed by atoms with Gasteiger partial charge < -0.3 is 19.9 Å². The number of carbonyl (C=O) groups excluding carboxylic acids is 1. The Labute approximate surface area is 129 Å². The lowest BCUT2D eigenvalue weighted by Crippen LogP contribution is -2.40. The molecule has 0 fully saturated rings. The Bertz CT molecular complexity index is 625.